The lowest BCUT2D eigenvalue weighted by Crippen LogP contribution is -2.02. The third kappa shape index (κ3) is 1.66. The molecule has 0 amide bonds. The maximum absolute atomic E-state index is 13.2. The number of rotatable bonds is 1. The van der Waals surface area contributed by atoms with Gasteiger partial charge in [0.15, 0.2) is 0 Å². The van der Waals surface area contributed by atoms with E-state index in [1.165, 1.54) is 12.1 Å². The molecule has 17 heavy (non-hydrogen) atoms. The van der Waals surface area contributed by atoms with Crippen molar-refractivity contribution in [3.05, 3.63) is 46.9 Å². The summed E-state index contributed by atoms with van der Waals surface area (Å²) in [4.78, 5) is 0. The Hall–Kier alpha value is -2.28. The summed E-state index contributed by atoms with van der Waals surface area (Å²) >= 11 is 0. The molecule has 0 radical (unpaired) electrons. The Labute approximate surface area is 98.9 Å². The minimum absolute atomic E-state index is 0.328. The van der Waals surface area contributed by atoms with Crippen molar-refractivity contribution in [2.45, 2.75) is 13.8 Å². The number of aromatic nitrogens is 1. The molecule has 4 heteroatoms. The largest absolute Gasteiger partial charge is 0.384 e. The summed E-state index contributed by atoms with van der Waals surface area (Å²) in [6.07, 6.45) is 0. The highest BCUT2D eigenvalue weighted by atomic mass is 19.1. The number of hydrogen-bond acceptors (Lipinski definition) is 2. The number of nitriles is 1. The van der Waals surface area contributed by atoms with E-state index in [-0.39, 0.29) is 5.82 Å². The first-order valence-electron chi connectivity index (χ1n) is 5.19. The smallest absolute Gasteiger partial charge is 0.126 e. The van der Waals surface area contributed by atoms with Gasteiger partial charge in [-0.15, -0.1) is 0 Å². The predicted molar refractivity (Wildman–Crippen MR) is 64.3 cm³/mol. The highest BCUT2D eigenvalue weighted by Gasteiger charge is 2.16. The summed E-state index contributed by atoms with van der Waals surface area (Å²) in [6, 6.07) is 8.21. The number of hydrogen-bond donors (Lipinski definition) is 1. The van der Waals surface area contributed by atoms with Crippen LogP contribution in [0.5, 0.6) is 0 Å². The second kappa shape index (κ2) is 3.95. The van der Waals surface area contributed by atoms with Crippen LogP contribution in [-0.4, -0.2) is 4.57 Å². The number of benzene rings is 1. The van der Waals surface area contributed by atoms with Crippen molar-refractivity contribution in [3.8, 4) is 11.8 Å². The number of anilines is 1. The molecule has 1 heterocycles. The quantitative estimate of drug-likeness (QED) is 0.817. The molecule has 0 saturated carbocycles. The first kappa shape index (κ1) is 11.2. The summed E-state index contributed by atoms with van der Waals surface area (Å²) in [5.41, 5.74) is 8.68. The Balaban J connectivity index is 2.73. The Kier molecular flexibility index (Phi) is 2.60. The summed E-state index contributed by atoms with van der Waals surface area (Å²) < 4.78 is 14.9. The summed E-state index contributed by atoms with van der Waals surface area (Å²) in [6.45, 7) is 3.69. The standard InChI is InChI=1S/C13H12FN3/c1-8-9(2)17(13(16)12(8)7-15)11-5-3-4-10(14)6-11/h3-6H,16H2,1-2H3. The number of nitrogens with two attached hydrogens (primary N) is 1. The minimum atomic E-state index is -0.328. The van der Waals surface area contributed by atoms with Crippen LogP contribution >= 0.6 is 0 Å². The number of halogens is 1. The van der Waals surface area contributed by atoms with E-state index in [1.807, 2.05) is 13.8 Å². The Morgan fingerprint density at radius 1 is 1.35 bits per heavy atom. The zero-order valence-corrected chi connectivity index (χ0v) is 9.66. The maximum Gasteiger partial charge on any atom is 0.126 e. The predicted octanol–water partition coefficient (Wildman–Crippen LogP) is 2.69. The lowest BCUT2D eigenvalue weighted by molar-refractivity contribution is 0.626. The van der Waals surface area contributed by atoms with Crippen LogP contribution in [0.25, 0.3) is 5.69 Å². The third-order valence-corrected chi connectivity index (χ3v) is 2.93. The molecule has 0 aliphatic carbocycles. The third-order valence-electron chi connectivity index (χ3n) is 2.93. The average Bonchev–Trinajstić information content (AvgIpc) is 2.50. The fourth-order valence-corrected chi connectivity index (χ4v) is 1.92. The zero-order valence-electron chi connectivity index (χ0n) is 9.66. The molecule has 0 aliphatic rings. The minimum Gasteiger partial charge on any atom is -0.384 e. The molecular formula is C13H12FN3. The molecule has 1 aromatic heterocycles. The molecule has 2 aromatic rings. The van der Waals surface area contributed by atoms with Crippen LogP contribution in [0.15, 0.2) is 24.3 Å². The summed E-state index contributed by atoms with van der Waals surface area (Å²) in [5, 5.41) is 9.02. The van der Waals surface area contributed by atoms with Crippen LogP contribution < -0.4 is 5.73 Å². The van der Waals surface area contributed by atoms with Gasteiger partial charge in [-0.25, -0.2) is 4.39 Å². The average molecular weight is 229 g/mol. The highest BCUT2D eigenvalue weighted by Crippen LogP contribution is 2.27. The van der Waals surface area contributed by atoms with E-state index in [0.717, 1.165) is 11.3 Å². The van der Waals surface area contributed by atoms with Gasteiger partial charge in [0.2, 0.25) is 0 Å². The Morgan fingerprint density at radius 2 is 2.06 bits per heavy atom. The van der Waals surface area contributed by atoms with Crippen molar-refractivity contribution in [3.63, 3.8) is 0 Å². The molecule has 86 valence electrons. The normalized spacial score (nSPS) is 10.2. The molecule has 2 rings (SSSR count). The molecule has 0 aliphatic heterocycles. The molecule has 0 saturated heterocycles. The Morgan fingerprint density at radius 3 is 2.59 bits per heavy atom. The van der Waals surface area contributed by atoms with Crippen LogP contribution in [0.3, 0.4) is 0 Å². The SMILES string of the molecule is Cc1c(C#N)c(N)n(-c2cccc(F)c2)c1C. The van der Waals surface area contributed by atoms with E-state index in [1.54, 1.807) is 16.7 Å². The van der Waals surface area contributed by atoms with Crippen molar-refractivity contribution in [2.24, 2.45) is 0 Å². The molecule has 3 nitrogen and oxygen atoms in total. The number of nitrogens with zero attached hydrogens (tertiary/aromatic N) is 2. The van der Waals surface area contributed by atoms with Crippen LogP contribution in [0.4, 0.5) is 10.2 Å². The summed E-state index contributed by atoms with van der Waals surface area (Å²) in [5.74, 6) is 0.0271. The first-order valence-corrected chi connectivity index (χ1v) is 5.19. The lowest BCUT2D eigenvalue weighted by atomic mass is 10.2. The van der Waals surface area contributed by atoms with Crippen molar-refractivity contribution < 1.29 is 4.39 Å². The molecule has 2 N–H and O–H groups in total. The van der Waals surface area contributed by atoms with Crippen LogP contribution in [0.1, 0.15) is 16.8 Å². The van der Waals surface area contributed by atoms with Gasteiger partial charge >= 0.3 is 0 Å². The Bertz CT molecular complexity index is 620. The lowest BCUT2D eigenvalue weighted by Gasteiger charge is -2.08. The molecule has 0 atom stereocenters. The van der Waals surface area contributed by atoms with E-state index in [9.17, 15) is 4.39 Å². The molecule has 0 fully saturated rings. The van der Waals surface area contributed by atoms with Gasteiger partial charge in [-0.1, -0.05) is 6.07 Å². The van der Waals surface area contributed by atoms with E-state index >= 15 is 0 Å². The van der Waals surface area contributed by atoms with E-state index in [4.69, 9.17) is 11.0 Å². The fraction of sp³-hybridized carbons (Fsp3) is 0.154. The van der Waals surface area contributed by atoms with Gasteiger partial charge in [0, 0.05) is 5.69 Å². The van der Waals surface area contributed by atoms with Gasteiger partial charge in [-0.05, 0) is 37.6 Å². The van der Waals surface area contributed by atoms with Gasteiger partial charge in [0.25, 0.3) is 0 Å². The van der Waals surface area contributed by atoms with Crippen LogP contribution in [0, 0.1) is 31.0 Å². The molecule has 0 spiro atoms. The monoisotopic (exact) mass is 229 g/mol. The van der Waals surface area contributed by atoms with Gasteiger partial charge in [-0.2, -0.15) is 5.26 Å². The van der Waals surface area contributed by atoms with Crippen molar-refractivity contribution in [1.29, 1.82) is 5.26 Å². The van der Waals surface area contributed by atoms with E-state index in [0.29, 0.717) is 17.1 Å². The van der Waals surface area contributed by atoms with E-state index < -0.39 is 0 Å². The van der Waals surface area contributed by atoms with Crippen molar-refractivity contribution in [2.75, 3.05) is 5.73 Å². The fourth-order valence-electron chi connectivity index (χ4n) is 1.92. The number of nitrogen functional groups attached to an aromatic ring is 1. The van der Waals surface area contributed by atoms with Gasteiger partial charge in [0.1, 0.15) is 17.7 Å². The van der Waals surface area contributed by atoms with Gasteiger partial charge in [-0.3, -0.25) is 4.57 Å². The second-order valence-corrected chi connectivity index (χ2v) is 3.90. The van der Waals surface area contributed by atoms with Crippen molar-refractivity contribution >= 4 is 5.82 Å². The molecular weight excluding hydrogens is 217 g/mol. The summed E-state index contributed by atoms with van der Waals surface area (Å²) in [7, 11) is 0. The molecule has 0 unspecified atom stereocenters. The highest BCUT2D eigenvalue weighted by molar-refractivity contribution is 5.62. The first-order chi connectivity index (χ1) is 8.06. The van der Waals surface area contributed by atoms with Gasteiger partial charge < -0.3 is 5.73 Å². The van der Waals surface area contributed by atoms with Gasteiger partial charge in [0.05, 0.1) is 11.3 Å². The van der Waals surface area contributed by atoms with Crippen LogP contribution in [0.2, 0.25) is 0 Å². The van der Waals surface area contributed by atoms with Crippen molar-refractivity contribution in [1.82, 2.24) is 4.57 Å². The maximum atomic E-state index is 13.2. The van der Waals surface area contributed by atoms with E-state index in [2.05, 4.69) is 6.07 Å². The zero-order chi connectivity index (χ0) is 12.6. The molecule has 0 bridgehead atoms. The topological polar surface area (TPSA) is 54.7 Å². The molecule has 1 aromatic carbocycles. The second-order valence-electron chi connectivity index (χ2n) is 3.90. The van der Waals surface area contributed by atoms with Crippen LogP contribution in [-0.2, 0) is 0 Å².